The average Bonchev–Trinajstić information content (AvgIpc) is 2.08. The molecule has 12 heavy (non-hydrogen) atoms. The van der Waals surface area contributed by atoms with Crippen LogP contribution in [0.2, 0.25) is 0 Å². The number of halogens is 1. The molecule has 0 bridgehead atoms. The van der Waals surface area contributed by atoms with Crippen LogP contribution in [0.4, 0.5) is 4.39 Å². The predicted molar refractivity (Wildman–Crippen MR) is 51.5 cm³/mol. The fourth-order valence-corrected chi connectivity index (χ4v) is 1.67. The third kappa shape index (κ3) is 2.22. The van der Waals surface area contributed by atoms with Gasteiger partial charge in [0.15, 0.2) is 0 Å². The van der Waals surface area contributed by atoms with E-state index in [9.17, 15) is 4.39 Å². The van der Waals surface area contributed by atoms with Gasteiger partial charge in [0.1, 0.15) is 5.82 Å². The minimum Gasteiger partial charge on any atom is -0.326 e. The Hall–Kier alpha value is -0.540. The molecular formula is C9H12FNS. The highest BCUT2D eigenvalue weighted by Gasteiger charge is 2.01. The lowest BCUT2D eigenvalue weighted by atomic mass is 10.1. The van der Waals surface area contributed by atoms with E-state index in [0.29, 0.717) is 6.54 Å². The average molecular weight is 185 g/mol. The van der Waals surface area contributed by atoms with Gasteiger partial charge in [-0.1, -0.05) is 6.07 Å². The predicted octanol–water partition coefficient (Wildman–Crippen LogP) is 2.15. The van der Waals surface area contributed by atoms with Gasteiger partial charge in [0.25, 0.3) is 0 Å². The Labute approximate surface area is 76.2 Å². The van der Waals surface area contributed by atoms with Gasteiger partial charge in [-0.2, -0.15) is 11.8 Å². The number of hydrogen-bond acceptors (Lipinski definition) is 2. The largest absolute Gasteiger partial charge is 0.326 e. The van der Waals surface area contributed by atoms with Gasteiger partial charge in [0.2, 0.25) is 0 Å². The lowest BCUT2D eigenvalue weighted by Gasteiger charge is -2.05. The molecule has 0 amide bonds. The normalized spacial score (nSPS) is 10.2. The molecule has 0 spiro atoms. The Balaban J connectivity index is 2.94. The van der Waals surface area contributed by atoms with Gasteiger partial charge in [-0.3, -0.25) is 0 Å². The fourth-order valence-electron chi connectivity index (χ4n) is 1.08. The van der Waals surface area contributed by atoms with Crippen molar-refractivity contribution in [3.63, 3.8) is 0 Å². The zero-order valence-electron chi connectivity index (χ0n) is 7.01. The first kappa shape index (κ1) is 9.55. The van der Waals surface area contributed by atoms with E-state index in [1.54, 1.807) is 17.8 Å². The van der Waals surface area contributed by atoms with E-state index in [2.05, 4.69) is 0 Å². The molecule has 0 aromatic heterocycles. The molecule has 0 aliphatic heterocycles. The quantitative estimate of drug-likeness (QED) is 0.780. The van der Waals surface area contributed by atoms with E-state index in [-0.39, 0.29) is 5.82 Å². The van der Waals surface area contributed by atoms with Crippen molar-refractivity contribution in [3.05, 3.63) is 35.1 Å². The van der Waals surface area contributed by atoms with Gasteiger partial charge < -0.3 is 5.73 Å². The molecule has 0 saturated heterocycles. The molecule has 1 aromatic carbocycles. The lowest BCUT2D eigenvalue weighted by Crippen LogP contribution is -2.01. The van der Waals surface area contributed by atoms with E-state index >= 15 is 0 Å². The monoisotopic (exact) mass is 185 g/mol. The summed E-state index contributed by atoms with van der Waals surface area (Å²) in [4.78, 5) is 0. The van der Waals surface area contributed by atoms with Crippen molar-refractivity contribution in [1.82, 2.24) is 0 Å². The summed E-state index contributed by atoms with van der Waals surface area (Å²) >= 11 is 1.71. The maximum atomic E-state index is 12.7. The van der Waals surface area contributed by atoms with Crippen molar-refractivity contribution in [2.75, 3.05) is 6.26 Å². The van der Waals surface area contributed by atoms with Crippen LogP contribution in [-0.2, 0) is 12.3 Å². The highest BCUT2D eigenvalue weighted by atomic mass is 32.2. The highest BCUT2D eigenvalue weighted by molar-refractivity contribution is 7.97. The molecule has 0 fully saturated rings. The first-order valence-corrected chi connectivity index (χ1v) is 5.13. The van der Waals surface area contributed by atoms with Gasteiger partial charge in [0, 0.05) is 12.3 Å². The van der Waals surface area contributed by atoms with Gasteiger partial charge in [-0.05, 0) is 29.5 Å². The Kier molecular flexibility index (Phi) is 3.56. The highest BCUT2D eigenvalue weighted by Crippen LogP contribution is 2.15. The zero-order valence-corrected chi connectivity index (χ0v) is 7.83. The van der Waals surface area contributed by atoms with Crippen LogP contribution in [0, 0.1) is 5.82 Å². The van der Waals surface area contributed by atoms with E-state index in [1.165, 1.54) is 12.1 Å². The fraction of sp³-hybridized carbons (Fsp3) is 0.333. The summed E-state index contributed by atoms with van der Waals surface area (Å²) in [7, 11) is 0. The van der Waals surface area contributed by atoms with Crippen LogP contribution in [0.1, 0.15) is 11.1 Å². The second-order valence-corrected chi connectivity index (χ2v) is 3.42. The van der Waals surface area contributed by atoms with Gasteiger partial charge >= 0.3 is 0 Å². The maximum Gasteiger partial charge on any atom is 0.123 e. The van der Waals surface area contributed by atoms with Crippen molar-refractivity contribution in [2.45, 2.75) is 12.3 Å². The molecule has 0 unspecified atom stereocenters. The smallest absolute Gasteiger partial charge is 0.123 e. The first-order chi connectivity index (χ1) is 5.77. The van der Waals surface area contributed by atoms with Crippen molar-refractivity contribution in [1.29, 1.82) is 0 Å². The molecule has 0 saturated carbocycles. The minimum atomic E-state index is -0.208. The first-order valence-electron chi connectivity index (χ1n) is 3.74. The summed E-state index contributed by atoms with van der Waals surface area (Å²) in [6, 6.07) is 4.78. The van der Waals surface area contributed by atoms with Crippen LogP contribution in [-0.4, -0.2) is 6.26 Å². The van der Waals surface area contributed by atoms with Crippen molar-refractivity contribution >= 4 is 11.8 Å². The van der Waals surface area contributed by atoms with Gasteiger partial charge in [-0.25, -0.2) is 4.39 Å². The van der Waals surface area contributed by atoms with Crippen LogP contribution >= 0.6 is 11.8 Å². The van der Waals surface area contributed by atoms with Gasteiger partial charge in [-0.15, -0.1) is 0 Å². The van der Waals surface area contributed by atoms with Crippen LogP contribution in [0.25, 0.3) is 0 Å². The number of rotatable bonds is 3. The second kappa shape index (κ2) is 4.48. The molecule has 1 aromatic rings. The molecule has 1 rings (SSSR count). The number of hydrogen-bond donors (Lipinski definition) is 1. The summed E-state index contributed by atoms with van der Waals surface area (Å²) in [5.74, 6) is 0.688. The van der Waals surface area contributed by atoms with Gasteiger partial charge in [0.05, 0.1) is 0 Å². The standard InChI is InChI=1S/C9H12FNS/c1-12-6-7-2-3-9(10)4-8(7)5-11/h2-4H,5-6,11H2,1H3. The molecule has 0 aliphatic carbocycles. The topological polar surface area (TPSA) is 26.0 Å². The van der Waals surface area contributed by atoms with Crippen LogP contribution in [0.5, 0.6) is 0 Å². The molecule has 66 valence electrons. The summed E-state index contributed by atoms with van der Waals surface area (Å²) in [5.41, 5.74) is 7.51. The zero-order chi connectivity index (χ0) is 8.97. The Morgan fingerprint density at radius 1 is 1.42 bits per heavy atom. The molecule has 3 heteroatoms. The Morgan fingerprint density at radius 2 is 2.17 bits per heavy atom. The van der Waals surface area contributed by atoms with Crippen LogP contribution < -0.4 is 5.73 Å². The molecular weight excluding hydrogens is 173 g/mol. The summed E-state index contributed by atoms with van der Waals surface area (Å²) in [6.45, 7) is 0.410. The SMILES string of the molecule is CSCc1ccc(F)cc1CN. The molecule has 0 aliphatic rings. The van der Waals surface area contributed by atoms with E-state index in [0.717, 1.165) is 16.9 Å². The molecule has 0 heterocycles. The van der Waals surface area contributed by atoms with E-state index in [1.807, 2.05) is 6.26 Å². The molecule has 1 nitrogen and oxygen atoms in total. The van der Waals surface area contributed by atoms with Crippen LogP contribution in [0.3, 0.4) is 0 Å². The number of benzene rings is 1. The molecule has 0 atom stereocenters. The Bertz CT molecular complexity index is 263. The Morgan fingerprint density at radius 3 is 2.75 bits per heavy atom. The summed E-state index contributed by atoms with van der Waals surface area (Å²) < 4.78 is 12.7. The summed E-state index contributed by atoms with van der Waals surface area (Å²) in [6.07, 6.45) is 2.02. The summed E-state index contributed by atoms with van der Waals surface area (Å²) in [5, 5.41) is 0. The van der Waals surface area contributed by atoms with Crippen molar-refractivity contribution in [2.24, 2.45) is 5.73 Å². The van der Waals surface area contributed by atoms with Crippen molar-refractivity contribution in [3.8, 4) is 0 Å². The maximum absolute atomic E-state index is 12.7. The second-order valence-electron chi connectivity index (χ2n) is 2.55. The number of thioether (sulfide) groups is 1. The van der Waals surface area contributed by atoms with Crippen LogP contribution in [0.15, 0.2) is 18.2 Å². The minimum absolute atomic E-state index is 0.208. The number of nitrogens with two attached hydrogens (primary N) is 1. The lowest BCUT2D eigenvalue weighted by molar-refractivity contribution is 0.624. The third-order valence-corrected chi connectivity index (χ3v) is 2.29. The van der Waals surface area contributed by atoms with Crippen molar-refractivity contribution < 1.29 is 4.39 Å². The van der Waals surface area contributed by atoms with E-state index in [4.69, 9.17) is 5.73 Å². The van der Waals surface area contributed by atoms with E-state index < -0.39 is 0 Å². The molecule has 2 N–H and O–H groups in total. The third-order valence-electron chi connectivity index (χ3n) is 1.69. The molecule has 0 radical (unpaired) electrons.